The third-order valence-electron chi connectivity index (χ3n) is 5.76. The number of hydrogen-bond acceptors (Lipinski definition) is 2. The Labute approximate surface area is 120 Å². The Kier molecular flexibility index (Phi) is 4.62. The molecule has 2 unspecified atom stereocenters. The standard InChI is InChI=1S/C17H34N2/c1-14-11-16(2,3)12-15(14)18-13-17(19(4)5)9-7-6-8-10-17/h14-15,18H,6-13H2,1-5H3. The number of rotatable bonds is 4. The summed E-state index contributed by atoms with van der Waals surface area (Å²) in [7, 11) is 4.55. The monoisotopic (exact) mass is 266 g/mol. The molecule has 112 valence electrons. The second-order valence-electron chi connectivity index (χ2n) is 8.22. The van der Waals surface area contributed by atoms with Gasteiger partial charge in [0.05, 0.1) is 0 Å². The van der Waals surface area contributed by atoms with E-state index in [0.717, 1.165) is 12.0 Å². The predicted octanol–water partition coefficient (Wildman–Crippen LogP) is 3.67. The van der Waals surface area contributed by atoms with Crippen LogP contribution in [0.15, 0.2) is 0 Å². The maximum Gasteiger partial charge on any atom is 0.0327 e. The molecule has 0 aromatic carbocycles. The molecule has 2 nitrogen and oxygen atoms in total. The molecule has 0 heterocycles. The van der Waals surface area contributed by atoms with Gasteiger partial charge in [0.1, 0.15) is 0 Å². The van der Waals surface area contributed by atoms with E-state index in [1.807, 2.05) is 0 Å². The predicted molar refractivity (Wildman–Crippen MR) is 83.5 cm³/mol. The fourth-order valence-electron chi connectivity index (χ4n) is 4.48. The molecule has 0 spiro atoms. The van der Waals surface area contributed by atoms with Gasteiger partial charge in [-0.1, -0.05) is 40.0 Å². The van der Waals surface area contributed by atoms with Gasteiger partial charge in [0, 0.05) is 18.1 Å². The summed E-state index contributed by atoms with van der Waals surface area (Å²) in [5.74, 6) is 0.831. The largest absolute Gasteiger partial charge is 0.312 e. The van der Waals surface area contributed by atoms with Crippen LogP contribution in [0.4, 0.5) is 0 Å². The number of likely N-dealkylation sites (N-methyl/N-ethyl adjacent to an activating group) is 1. The molecular weight excluding hydrogens is 232 g/mol. The van der Waals surface area contributed by atoms with E-state index in [0.29, 0.717) is 11.0 Å². The molecule has 2 aliphatic carbocycles. The van der Waals surface area contributed by atoms with Gasteiger partial charge < -0.3 is 10.2 Å². The summed E-state index contributed by atoms with van der Waals surface area (Å²) in [5.41, 5.74) is 0.958. The number of nitrogens with one attached hydrogen (secondary N) is 1. The highest BCUT2D eigenvalue weighted by Crippen LogP contribution is 2.41. The highest BCUT2D eigenvalue weighted by atomic mass is 15.2. The normalized spacial score (nSPS) is 33.8. The van der Waals surface area contributed by atoms with Gasteiger partial charge in [-0.2, -0.15) is 0 Å². The van der Waals surface area contributed by atoms with Crippen molar-refractivity contribution in [1.82, 2.24) is 10.2 Å². The van der Waals surface area contributed by atoms with Crippen molar-refractivity contribution < 1.29 is 0 Å². The van der Waals surface area contributed by atoms with Crippen LogP contribution in [0.2, 0.25) is 0 Å². The van der Waals surface area contributed by atoms with Gasteiger partial charge in [0.2, 0.25) is 0 Å². The minimum absolute atomic E-state index is 0.421. The van der Waals surface area contributed by atoms with Crippen molar-refractivity contribution in [3.8, 4) is 0 Å². The van der Waals surface area contributed by atoms with E-state index in [4.69, 9.17) is 0 Å². The average molecular weight is 266 g/mol. The quantitative estimate of drug-likeness (QED) is 0.835. The zero-order chi connectivity index (χ0) is 14.1. The van der Waals surface area contributed by atoms with Gasteiger partial charge in [-0.25, -0.2) is 0 Å². The first-order valence-corrected chi connectivity index (χ1v) is 8.26. The summed E-state index contributed by atoms with van der Waals surface area (Å²) >= 11 is 0. The Morgan fingerprint density at radius 2 is 1.68 bits per heavy atom. The van der Waals surface area contributed by atoms with Gasteiger partial charge in [-0.05, 0) is 51.1 Å². The molecule has 0 bridgehead atoms. The summed E-state index contributed by atoms with van der Waals surface area (Å²) in [6, 6.07) is 0.730. The van der Waals surface area contributed by atoms with Gasteiger partial charge in [-0.3, -0.25) is 0 Å². The van der Waals surface area contributed by atoms with Crippen LogP contribution in [0.5, 0.6) is 0 Å². The van der Waals surface area contributed by atoms with Crippen molar-refractivity contribution >= 4 is 0 Å². The molecule has 2 aliphatic rings. The van der Waals surface area contributed by atoms with Crippen molar-refractivity contribution in [3.05, 3.63) is 0 Å². The highest BCUT2D eigenvalue weighted by Gasteiger charge is 2.39. The molecule has 0 amide bonds. The van der Waals surface area contributed by atoms with E-state index in [1.165, 1.54) is 51.5 Å². The van der Waals surface area contributed by atoms with Crippen molar-refractivity contribution in [2.45, 2.75) is 77.3 Å². The molecule has 2 saturated carbocycles. The molecule has 2 fully saturated rings. The maximum absolute atomic E-state index is 3.94. The zero-order valence-corrected chi connectivity index (χ0v) is 13.8. The first-order valence-electron chi connectivity index (χ1n) is 8.26. The molecule has 0 aromatic rings. The molecule has 1 N–H and O–H groups in total. The number of hydrogen-bond donors (Lipinski definition) is 1. The zero-order valence-electron chi connectivity index (χ0n) is 13.8. The molecule has 0 saturated heterocycles. The molecule has 19 heavy (non-hydrogen) atoms. The fourth-order valence-corrected chi connectivity index (χ4v) is 4.48. The van der Waals surface area contributed by atoms with E-state index in [1.54, 1.807) is 0 Å². The van der Waals surface area contributed by atoms with Gasteiger partial charge >= 0.3 is 0 Å². The van der Waals surface area contributed by atoms with Crippen LogP contribution < -0.4 is 5.32 Å². The van der Waals surface area contributed by atoms with Crippen LogP contribution in [0.25, 0.3) is 0 Å². The minimum atomic E-state index is 0.421. The van der Waals surface area contributed by atoms with E-state index in [-0.39, 0.29) is 0 Å². The van der Waals surface area contributed by atoms with Crippen molar-refractivity contribution in [2.75, 3.05) is 20.6 Å². The van der Waals surface area contributed by atoms with Crippen LogP contribution in [0.3, 0.4) is 0 Å². The Morgan fingerprint density at radius 1 is 1.05 bits per heavy atom. The Balaban J connectivity index is 1.92. The lowest BCUT2D eigenvalue weighted by molar-refractivity contribution is 0.0933. The van der Waals surface area contributed by atoms with Crippen LogP contribution in [-0.2, 0) is 0 Å². The summed E-state index contributed by atoms with van der Waals surface area (Å²) in [6.07, 6.45) is 9.71. The van der Waals surface area contributed by atoms with Crippen LogP contribution >= 0.6 is 0 Å². The van der Waals surface area contributed by atoms with E-state index in [9.17, 15) is 0 Å². The van der Waals surface area contributed by atoms with E-state index in [2.05, 4.69) is 45.1 Å². The lowest BCUT2D eigenvalue weighted by Gasteiger charge is -2.44. The lowest BCUT2D eigenvalue weighted by Crippen LogP contribution is -2.54. The van der Waals surface area contributed by atoms with Crippen LogP contribution in [-0.4, -0.2) is 37.1 Å². The molecule has 2 atom stereocenters. The maximum atomic E-state index is 3.94. The topological polar surface area (TPSA) is 15.3 Å². The third kappa shape index (κ3) is 3.52. The van der Waals surface area contributed by atoms with Crippen LogP contribution in [0.1, 0.15) is 65.7 Å². The SMILES string of the molecule is CC1CC(C)(C)CC1NCC1(N(C)C)CCCCC1. The summed E-state index contributed by atoms with van der Waals surface area (Å²) in [5, 5.41) is 3.94. The van der Waals surface area contributed by atoms with Crippen molar-refractivity contribution in [2.24, 2.45) is 11.3 Å². The second-order valence-corrected chi connectivity index (χ2v) is 8.22. The molecule has 0 aliphatic heterocycles. The summed E-state index contributed by atoms with van der Waals surface area (Å²) in [4.78, 5) is 2.49. The molecule has 0 aromatic heterocycles. The average Bonchev–Trinajstić information content (AvgIpc) is 2.61. The first-order chi connectivity index (χ1) is 8.85. The number of nitrogens with zero attached hydrogens (tertiary/aromatic N) is 1. The van der Waals surface area contributed by atoms with E-state index >= 15 is 0 Å². The minimum Gasteiger partial charge on any atom is -0.312 e. The third-order valence-corrected chi connectivity index (χ3v) is 5.76. The Bertz CT molecular complexity index is 290. The van der Waals surface area contributed by atoms with Crippen molar-refractivity contribution in [3.63, 3.8) is 0 Å². The van der Waals surface area contributed by atoms with Gasteiger partial charge in [-0.15, -0.1) is 0 Å². The molecule has 0 radical (unpaired) electrons. The molecule has 2 heteroatoms. The smallest absolute Gasteiger partial charge is 0.0327 e. The summed E-state index contributed by atoms with van der Waals surface area (Å²) in [6.45, 7) is 8.46. The molecular formula is C17H34N2. The lowest BCUT2D eigenvalue weighted by atomic mass is 9.80. The van der Waals surface area contributed by atoms with E-state index < -0.39 is 0 Å². The summed E-state index contributed by atoms with van der Waals surface area (Å²) < 4.78 is 0. The van der Waals surface area contributed by atoms with Crippen LogP contribution in [0, 0.1) is 11.3 Å². The highest BCUT2D eigenvalue weighted by molar-refractivity contribution is 4.97. The van der Waals surface area contributed by atoms with Gasteiger partial charge in [0.25, 0.3) is 0 Å². The second kappa shape index (κ2) is 5.73. The fraction of sp³-hybridized carbons (Fsp3) is 1.00. The van der Waals surface area contributed by atoms with Gasteiger partial charge in [0.15, 0.2) is 0 Å². The van der Waals surface area contributed by atoms with Crippen molar-refractivity contribution in [1.29, 1.82) is 0 Å². The first kappa shape index (κ1) is 15.3. The molecule has 2 rings (SSSR count). The Morgan fingerprint density at radius 3 is 2.16 bits per heavy atom. The Hall–Kier alpha value is -0.0800.